The zero-order chi connectivity index (χ0) is 19.4. The highest BCUT2D eigenvalue weighted by molar-refractivity contribution is 6.13. The van der Waals surface area contributed by atoms with Crippen LogP contribution in [-0.2, 0) is 7.05 Å². The second-order valence-corrected chi connectivity index (χ2v) is 7.53. The molecule has 0 saturated carbocycles. The molecule has 6 rings (SSSR count). The first-order valence-electron chi connectivity index (χ1n) is 9.95. The summed E-state index contributed by atoms with van der Waals surface area (Å²) in [6, 6.07) is 32.4. The molecule has 0 fully saturated rings. The van der Waals surface area contributed by atoms with E-state index >= 15 is 0 Å². The topological polar surface area (TPSA) is 8.17 Å². The van der Waals surface area contributed by atoms with Crippen molar-refractivity contribution in [3.05, 3.63) is 102 Å². The van der Waals surface area contributed by atoms with E-state index in [1.54, 1.807) is 0 Å². The molecule has 4 aromatic carbocycles. The highest BCUT2D eigenvalue weighted by atomic mass is 15.1. The third-order valence-corrected chi connectivity index (χ3v) is 5.95. The molecule has 1 aliphatic rings. The van der Waals surface area contributed by atoms with Crippen LogP contribution >= 0.6 is 0 Å². The van der Waals surface area contributed by atoms with Crippen LogP contribution < -0.4 is 4.90 Å². The molecule has 0 N–H and O–H groups in total. The minimum atomic E-state index is 1.17. The van der Waals surface area contributed by atoms with Crippen LogP contribution in [0.2, 0.25) is 0 Å². The van der Waals surface area contributed by atoms with E-state index in [-0.39, 0.29) is 0 Å². The van der Waals surface area contributed by atoms with Crippen LogP contribution in [0.1, 0.15) is 11.1 Å². The van der Waals surface area contributed by atoms with Crippen molar-refractivity contribution in [3.8, 4) is 0 Å². The summed E-state index contributed by atoms with van der Waals surface area (Å²) in [5, 5.41) is 2.60. The van der Waals surface area contributed by atoms with E-state index in [1.807, 2.05) is 0 Å². The fraction of sp³-hybridized carbons (Fsp3) is 0.0370. The molecule has 2 heterocycles. The van der Waals surface area contributed by atoms with Gasteiger partial charge < -0.3 is 9.47 Å². The van der Waals surface area contributed by atoms with Crippen molar-refractivity contribution in [1.82, 2.24) is 4.57 Å². The quantitative estimate of drug-likeness (QED) is 0.294. The van der Waals surface area contributed by atoms with Gasteiger partial charge >= 0.3 is 0 Å². The molecule has 2 nitrogen and oxygen atoms in total. The predicted molar refractivity (Wildman–Crippen MR) is 124 cm³/mol. The van der Waals surface area contributed by atoms with Gasteiger partial charge in [0.25, 0.3) is 0 Å². The van der Waals surface area contributed by atoms with Gasteiger partial charge in [-0.2, -0.15) is 0 Å². The second-order valence-electron chi connectivity index (χ2n) is 7.53. The Morgan fingerprint density at radius 2 is 1.34 bits per heavy atom. The van der Waals surface area contributed by atoms with Crippen LogP contribution in [0.5, 0.6) is 0 Å². The lowest BCUT2D eigenvalue weighted by molar-refractivity contribution is 1.01. The van der Waals surface area contributed by atoms with Crippen molar-refractivity contribution >= 4 is 51.0 Å². The molecule has 1 aliphatic heterocycles. The standard InChI is InChI=1S/C27H20N2/c1-28-25-14-8-6-12-21(25)22-17-18-26-23(27(22)28)16-15-19-9-5-7-13-24(19)29(26)20-10-3-2-4-11-20/h2-18H,1H3. The third kappa shape index (κ3) is 2.29. The molecule has 29 heavy (non-hydrogen) atoms. The Kier molecular flexibility index (Phi) is 3.41. The first kappa shape index (κ1) is 16.2. The van der Waals surface area contributed by atoms with Crippen LogP contribution in [0.3, 0.4) is 0 Å². The Balaban J connectivity index is 1.75. The molecular weight excluding hydrogens is 352 g/mol. The van der Waals surface area contributed by atoms with Crippen LogP contribution in [-0.4, -0.2) is 4.57 Å². The number of anilines is 3. The van der Waals surface area contributed by atoms with Gasteiger partial charge in [0, 0.05) is 34.6 Å². The van der Waals surface area contributed by atoms with Gasteiger partial charge in [0.05, 0.1) is 16.9 Å². The Morgan fingerprint density at radius 3 is 2.24 bits per heavy atom. The largest absolute Gasteiger partial charge is 0.343 e. The Bertz CT molecular complexity index is 1410. The molecule has 138 valence electrons. The maximum Gasteiger partial charge on any atom is 0.0583 e. The molecule has 0 aliphatic carbocycles. The van der Waals surface area contributed by atoms with Crippen molar-refractivity contribution in [3.63, 3.8) is 0 Å². The lowest BCUT2D eigenvalue weighted by Crippen LogP contribution is -2.11. The van der Waals surface area contributed by atoms with Gasteiger partial charge in [-0.3, -0.25) is 0 Å². The van der Waals surface area contributed by atoms with Gasteiger partial charge in [-0.05, 0) is 35.9 Å². The SMILES string of the molecule is Cn1c2ccccc2c2ccc3c(c21)C=Cc1ccccc1N3c1ccccc1. The number of fused-ring (bicyclic) bond motifs is 6. The molecule has 1 aromatic heterocycles. The fourth-order valence-corrected chi connectivity index (χ4v) is 4.64. The summed E-state index contributed by atoms with van der Waals surface area (Å²) >= 11 is 0. The molecule has 0 atom stereocenters. The number of rotatable bonds is 1. The van der Waals surface area contributed by atoms with Crippen molar-refractivity contribution < 1.29 is 0 Å². The molecule has 0 saturated heterocycles. The second kappa shape index (κ2) is 6.11. The summed E-state index contributed by atoms with van der Waals surface area (Å²) in [4.78, 5) is 2.38. The number of benzene rings is 4. The number of hydrogen-bond acceptors (Lipinski definition) is 1. The Hall–Kier alpha value is -3.78. The monoisotopic (exact) mass is 372 g/mol. The summed E-state index contributed by atoms with van der Waals surface area (Å²) in [7, 11) is 2.17. The van der Waals surface area contributed by atoms with E-state index < -0.39 is 0 Å². The van der Waals surface area contributed by atoms with E-state index in [0.29, 0.717) is 0 Å². The van der Waals surface area contributed by atoms with Crippen LogP contribution in [0, 0.1) is 0 Å². The zero-order valence-electron chi connectivity index (χ0n) is 16.2. The predicted octanol–water partition coefficient (Wildman–Crippen LogP) is 7.29. The molecular formula is C27H20N2. The van der Waals surface area contributed by atoms with Gasteiger partial charge in [-0.25, -0.2) is 0 Å². The van der Waals surface area contributed by atoms with Gasteiger partial charge in [0.15, 0.2) is 0 Å². The average Bonchev–Trinajstić information content (AvgIpc) is 2.96. The lowest BCUT2D eigenvalue weighted by atomic mass is 10.1. The van der Waals surface area contributed by atoms with E-state index in [0.717, 1.165) is 0 Å². The number of para-hydroxylation sites is 3. The summed E-state index contributed by atoms with van der Waals surface area (Å²) in [5.74, 6) is 0. The van der Waals surface area contributed by atoms with Gasteiger partial charge in [0.2, 0.25) is 0 Å². The maximum atomic E-state index is 2.38. The smallest absolute Gasteiger partial charge is 0.0583 e. The number of nitrogens with zero attached hydrogens (tertiary/aromatic N) is 2. The molecule has 0 radical (unpaired) electrons. The van der Waals surface area contributed by atoms with E-state index in [1.165, 1.54) is 50.0 Å². The van der Waals surface area contributed by atoms with Crippen molar-refractivity contribution in [2.24, 2.45) is 7.05 Å². The zero-order valence-corrected chi connectivity index (χ0v) is 16.2. The summed E-state index contributed by atoms with van der Waals surface area (Å²) in [5.41, 5.74) is 8.58. The first-order chi connectivity index (χ1) is 14.3. The van der Waals surface area contributed by atoms with Crippen LogP contribution in [0.15, 0.2) is 91.0 Å². The van der Waals surface area contributed by atoms with E-state index in [2.05, 4.69) is 120 Å². The van der Waals surface area contributed by atoms with Crippen LogP contribution in [0.4, 0.5) is 17.1 Å². The minimum Gasteiger partial charge on any atom is -0.343 e. The van der Waals surface area contributed by atoms with E-state index in [4.69, 9.17) is 0 Å². The van der Waals surface area contributed by atoms with Crippen molar-refractivity contribution in [2.45, 2.75) is 0 Å². The van der Waals surface area contributed by atoms with Crippen LogP contribution in [0.25, 0.3) is 34.0 Å². The third-order valence-electron chi connectivity index (χ3n) is 5.95. The molecule has 0 amide bonds. The molecule has 0 spiro atoms. The lowest BCUT2D eigenvalue weighted by Gasteiger charge is -2.27. The Labute approximate surface area is 169 Å². The highest BCUT2D eigenvalue weighted by Gasteiger charge is 2.22. The maximum absolute atomic E-state index is 2.38. The van der Waals surface area contributed by atoms with Gasteiger partial charge in [-0.1, -0.05) is 72.8 Å². The van der Waals surface area contributed by atoms with Gasteiger partial charge in [-0.15, -0.1) is 0 Å². The fourth-order valence-electron chi connectivity index (χ4n) is 4.64. The molecule has 2 heteroatoms. The van der Waals surface area contributed by atoms with Crippen molar-refractivity contribution in [2.75, 3.05) is 4.90 Å². The summed E-state index contributed by atoms with van der Waals surface area (Å²) in [6.07, 6.45) is 4.52. The van der Waals surface area contributed by atoms with Crippen molar-refractivity contribution in [1.29, 1.82) is 0 Å². The van der Waals surface area contributed by atoms with Gasteiger partial charge in [0.1, 0.15) is 0 Å². The number of hydrogen-bond donors (Lipinski definition) is 0. The minimum absolute atomic E-state index is 1.17. The van der Waals surface area contributed by atoms with E-state index in [9.17, 15) is 0 Å². The Morgan fingerprint density at radius 1 is 0.586 bits per heavy atom. The average molecular weight is 372 g/mol. The normalized spacial score (nSPS) is 12.8. The summed E-state index contributed by atoms with van der Waals surface area (Å²) in [6.45, 7) is 0. The number of aromatic nitrogens is 1. The molecule has 5 aromatic rings. The highest BCUT2D eigenvalue weighted by Crippen LogP contribution is 2.45. The number of aryl methyl sites for hydroxylation is 1. The summed E-state index contributed by atoms with van der Waals surface area (Å²) < 4.78 is 2.33. The first-order valence-corrected chi connectivity index (χ1v) is 9.95. The molecule has 0 bridgehead atoms. The molecule has 0 unspecified atom stereocenters.